The lowest BCUT2D eigenvalue weighted by atomic mass is 9.94. The highest BCUT2D eigenvalue weighted by molar-refractivity contribution is 6.35. The van der Waals surface area contributed by atoms with Crippen molar-refractivity contribution in [3.8, 4) is 0 Å². The van der Waals surface area contributed by atoms with Gasteiger partial charge in [-0.3, -0.25) is 14.4 Å². The van der Waals surface area contributed by atoms with Crippen molar-refractivity contribution in [1.29, 1.82) is 0 Å². The Morgan fingerprint density at radius 1 is 1.08 bits per heavy atom. The van der Waals surface area contributed by atoms with Gasteiger partial charge < -0.3 is 21.3 Å². The minimum Gasteiger partial charge on any atom is -0.351 e. The summed E-state index contributed by atoms with van der Waals surface area (Å²) in [5.74, 6) is -0.765. The second-order valence-electron chi connectivity index (χ2n) is 10.5. The van der Waals surface area contributed by atoms with E-state index in [4.69, 9.17) is 28.9 Å². The molecule has 0 fully saturated rings. The third kappa shape index (κ3) is 6.98. The standard InChI is InChI=1S/C30H32Cl2N4O3/c1-30(2,17-33)18-34-29(39)20-9-12-25-24(14-20)35-27(37)16-26(22-11-10-21(31)15-23(22)32)36(25)28(38)13-8-19-6-4-3-5-7-19/h3-7,9-12,14-15,26H,8,13,16-18,33H2,1-2H3,(H,34,39)(H,35,37). The van der Waals surface area contributed by atoms with Crippen LogP contribution in [0.2, 0.25) is 10.0 Å². The minimum absolute atomic E-state index is 0.0146. The summed E-state index contributed by atoms with van der Waals surface area (Å²) in [6.07, 6.45) is 0.737. The van der Waals surface area contributed by atoms with Crippen LogP contribution < -0.4 is 21.3 Å². The van der Waals surface area contributed by atoms with Crippen molar-refractivity contribution in [2.75, 3.05) is 23.3 Å². The lowest BCUT2D eigenvalue weighted by molar-refractivity contribution is -0.119. The Bertz CT molecular complexity index is 1380. The number of carbonyl (C=O) groups excluding carboxylic acids is 3. The van der Waals surface area contributed by atoms with Gasteiger partial charge in [0.2, 0.25) is 11.8 Å². The Hall–Kier alpha value is -3.39. The molecule has 0 spiro atoms. The summed E-state index contributed by atoms with van der Waals surface area (Å²) in [5.41, 5.74) is 8.41. The van der Waals surface area contributed by atoms with Gasteiger partial charge in [0.1, 0.15) is 0 Å². The van der Waals surface area contributed by atoms with Crippen molar-refractivity contribution in [1.82, 2.24) is 5.32 Å². The van der Waals surface area contributed by atoms with Crippen molar-refractivity contribution in [2.24, 2.45) is 11.1 Å². The molecular weight excluding hydrogens is 535 g/mol. The molecule has 204 valence electrons. The summed E-state index contributed by atoms with van der Waals surface area (Å²) < 4.78 is 0. The molecule has 1 aliphatic rings. The second kappa shape index (κ2) is 12.2. The molecule has 0 saturated carbocycles. The number of carbonyl (C=O) groups is 3. The molecule has 3 amide bonds. The van der Waals surface area contributed by atoms with E-state index in [2.05, 4.69) is 10.6 Å². The minimum atomic E-state index is -0.663. The maximum atomic E-state index is 13.8. The van der Waals surface area contributed by atoms with Crippen LogP contribution in [-0.2, 0) is 16.0 Å². The smallest absolute Gasteiger partial charge is 0.251 e. The number of aryl methyl sites for hydroxylation is 1. The van der Waals surface area contributed by atoms with Crippen LogP contribution in [-0.4, -0.2) is 30.8 Å². The van der Waals surface area contributed by atoms with E-state index in [0.717, 1.165) is 5.56 Å². The third-order valence-corrected chi connectivity index (χ3v) is 7.39. The Morgan fingerprint density at radius 2 is 1.82 bits per heavy atom. The van der Waals surface area contributed by atoms with Gasteiger partial charge >= 0.3 is 0 Å². The lowest BCUT2D eigenvalue weighted by Crippen LogP contribution is -2.38. The van der Waals surface area contributed by atoms with Crippen molar-refractivity contribution in [3.05, 3.63) is 93.5 Å². The molecule has 0 bridgehead atoms. The molecule has 1 aliphatic heterocycles. The number of anilines is 2. The van der Waals surface area contributed by atoms with E-state index in [1.165, 1.54) is 0 Å². The molecule has 1 heterocycles. The first-order valence-electron chi connectivity index (χ1n) is 12.8. The number of nitrogens with one attached hydrogen (secondary N) is 2. The highest BCUT2D eigenvalue weighted by atomic mass is 35.5. The molecule has 1 atom stereocenters. The first kappa shape index (κ1) is 28.6. The van der Waals surface area contributed by atoms with Gasteiger partial charge in [-0.05, 0) is 59.8 Å². The van der Waals surface area contributed by atoms with Gasteiger partial charge in [-0.25, -0.2) is 0 Å². The zero-order valence-corrected chi connectivity index (χ0v) is 23.5. The Balaban J connectivity index is 1.71. The normalized spacial score (nSPS) is 15.3. The van der Waals surface area contributed by atoms with E-state index in [9.17, 15) is 14.4 Å². The number of halogens is 2. The predicted molar refractivity (Wildman–Crippen MR) is 156 cm³/mol. The van der Waals surface area contributed by atoms with Crippen molar-refractivity contribution in [3.63, 3.8) is 0 Å². The molecule has 7 nitrogen and oxygen atoms in total. The fourth-order valence-corrected chi connectivity index (χ4v) is 5.00. The zero-order valence-electron chi connectivity index (χ0n) is 22.0. The van der Waals surface area contributed by atoms with Crippen LogP contribution in [0.5, 0.6) is 0 Å². The highest BCUT2D eigenvalue weighted by Crippen LogP contribution is 2.41. The number of hydrogen-bond donors (Lipinski definition) is 3. The van der Waals surface area contributed by atoms with Gasteiger partial charge in [0.25, 0.3) is 5.91 Å². The fourth-order valence-electron chi connectivity index (χ4n) is 4.46. The van der Waals surface area contributed by atoms with Crippen molar-refractivity contribution < 1.29 is 14.4 Å². The maximum Gasteiger partial charge on any atom is 0.251 e. The molecule has 3 aromatic rings. The van der Waals surface area contributed by atoms with Gasteiger partial charge in [-0.1, -0.05) is 73.4 Å². The maximum absolute atomic E-state index is 13.8. The molecule has 1 unspecified atom stereocenters. The molecule has 4 rings (SSSR count). The van der Waals surface area contributed by atoms with Crippen LogP contribution in [0, 0.1) is 5.41 Å². The fraction of sp³-hybridized carbons (Fsp3) is 0.300. The summed E-state index contributed by atoms with van der Waals surface area (Å²) in [6, 6.07) is 19.1. The topological polar surface area (TPSA) is 105 Å². The first-order chi connectivity index (χ1) is 18.6. The summed E-state index contributed by atoms with van der Waals surface area (Å²) >= 11 is 12.7. The van der Waals surface area contributed by atoms with E-state index in [1.54, 1.807) is 41.3 Å². The Labute approximate surface area is 238 Å². The molecule has 0 aromatic heterocycles. The number of nitrogens with zero attached hydrogens (tertiary/aromatic N) is 1. The van der Waals surface area contributed by atoms with E-state index >= 15 is 0 Å². The van der Waals surface area contributed by atoms with E-state index in [1.807, 2.05) is 44.2 Å². The summed E-state index contributed by atoms with van der Waals surface area (Å²) in [4.78, 5) is 41.5. The second-order valence-corrected chi connectivity index (χ2v) is 11.3. The average molecular weight is 568 g/mol. The monoisotopic (exact) mass is 566 g/mol. The molecule has 3 aromatic carbocycles. The Morgan fingerprint density at radius 3 is 2.51 bits per heavy atom. The van der Waals surface area contributed by atoms with Crippen LogP contribution in [0.4, 0.5) is 11.4 Å². The van der Waals surface area contributed by atoms with Crippen molar-refractivity contribution >= 4 is 52.3 Å². The largest absolute Gasteiger partial charge is 0.351 e. The molecule has 0 saturated heterocycles. The number of nitrogens with two attached hydrogens (primary N) is 1. The lowest BCUT2D eigenvalue weighted by Gasteiger charge is -2.31. The summed E-state index contributed by atoms with van der Waals surface area (Å²) in [7, 11) is 0. The van der Waals surface area contributed by atoms with E-state index in [0.29, 0.717) is 52.1 Å². The van der Waals surface area contributed by atoms with E-state index < -0.39 is 6.04 Å². The molecule has 4 N–H and O–H groups in total. The van der Waals surface area contributed by atoms with Crippen LogP contribution in [0.3, 0.4) is 0 Å². The zero-order chi connectivity index (χ0) is 28.2. The molecule has 39 heavy (non-hydrogen) atoms. The van der Waals surface area contributed by atoms with Crippen LogP contribution in [0.15, 0.2) is 66.7 Å². The predicted octanol–water partition coefficient (Wildman–Crippen LogP) is 5.76. The van der Waals surface area contributed by atoms with Gasteiger partial charge in [0, 0.05) is 28.6 Å². The van der Waals surface area contributed by atoms with Gasteiger partial charge in [0.15, 0.2) is 0 Å². The number of hydrogen-bond acceptors (Lipinski definition) is 4. The number of rotatable bonds is 8. The summed E-state index contributed by atoms with van der Waals surface area (Å²) in [5, 5.41) is 6.61. The van der Waals surface area contributed by atoms with Gasteiger partial charge in [-0.2, -0.15) is 0 Å². The third-order valence-electron chi connectivity index (χ3n) is 6.82. The SMILES string of the molecule is CC(C)(CN)CNC(=O)c1ccc2c(c1)NC(=O)CC(c1ccc(Cl)cc1Cl)N2C(=O)CCc1ccccc1. The molecular formula is C30H32Cl2N4O3. The highest BCUT2D eigenvalue weighted by Gasteiger charge is 2.35. The Kier molecular flexibility index (Phi) is 8.95. The van der Waals surface area contributed by atoms with Crippen molar-refractivity contribution in [2.45, 2.75) is 39.2 Å². The summed E-state index contributed by atoms with van der Waals surface area (Å²) in [6.45, 7) is 4.74. The average Bonchev–Trinajstić information content (AvgIpc) is 3.06. The number of benzene rings is 3. The van der Waals surface area contributed by atoms with Gasteiger partial charge in [-0.15, -0.1) is 0 Å². The van der Waals surface area contributed by atoms with Crippen LogP contribution in [0.25, 0.3) is 0 Å². The van der Waals surface area contributed by atoms with Gasteiger partial charge in [0.05, 0.1) is 23.8 Å². The number of amides is 3. The van der Waals surface area contributed by atoms with E-state index in [-0.39, 0.29) is 36.0 Å². The van der Waals surface area contributed by atoms with Crippen LogP contribution in [0.1, 0.15) is 54.2 Å². The van der Waals surface area contributed by atoms with Crippen LogP contribution >= 0.6 is 23.2 Å². The number of fused-ring (bicyclic) bond motifs is 1. The molecule has 9 heteroatoms. The first-order valence-corrected chi connectivity index (χ1v) is 13.6. The quantitative estimate of drug-likeness (QED) is 0.322. The molecule has 0 aliphatic carbocycles. The molecule has 0 radical (unpaired) electrons.